The number of fused-ring (bicyclic) bond motifs is 1. The van der Waals surface area contributed by atoms with Gasteiger partial charge in [-0.15, -0.1) is 11.8 Å². The van der Waals surface area contributed by atoms with Crippen LogP contribution in [0.3, 0.4) is 0 Å². The standard InChI is InChI=1S/C18H17FN2O2S/c1-12-9-18(23)21(15-7-2-3-8-16(15)24-12)11-17(22)20-14-6-4-5-13(19)10-14/h2-8,10,12H,9,11H2,1H3,(H,20,22). The Labute approximate surface area is 144 Å². The summed E-state index contributed by atoms with van der Waals surface area (Å²) in [5, 5.41) is 2.78. The van der Waals surface area contributed by atoms with Crippen LogP contribution in [0.5, 0.6) is 0 Å². The highest BCUT2D eigenvalue weighted by Crippen LogP contribution is 2.37. The van der Waals surface area contributed by atoms with Crippen molar-refractivity contribution in [1.29, 1.82) is 0 Å². The molecule has 1 heterocycles. The van der Waals surface area contributed by atoms with E-state index in [1.165, 1.54) is 23.1 Å². The fraction of sp³-hybridized carbons (Fsp3) is 0.222. The zero-order chi connectivity index (χ0) is 17.1. The average Bonchev–Trinajstić information content (AvgIpc) is 2.64. The lowest BCUT2D eigenvalue weighted by molar-refractivity contribution is -0.121. The summed E-state index contributed by atoms with van der Waals surface area (Å²) >= 11 is 1.63. The van der Waals surface area contributed by atoms with E-state index in [1.54, 1.807) is 17.8 Å². The van der Waals surface area contributed by atoms with Gasteiger partial charge in [0.1, 0.15) is 12.4 Å². The number of benzene rings is 2. The zero-order valence-corrected chi connectivity index (χ0v) is 14.0. The third-order valence-electron chi connectivity index (χ3n) is 3.66. The second-order valence-electron chi connectivity index (χ2n) is 5.64. The monoisotopic (exact) mass is 344 g/mol. The van der Waals surface area contributed by atoms with Gasteiger partial charge in [-0.1, -0.05) is 25.1 Å². The largest absolute Gasteiger partial charge is 0.324 e. The normalized spacial score (nSPS) is 17.2. The fourth-order valence-corrected chi connectivity index (χ4v) is 3.73. The van der Waals surface area contributed by atoms with E-state index < -0.39 is 5.82 Å². The highest BCUT2D eigenvalue weighted by atomic mass is 32.2. The Morgan fingerprint density at radius 1 is 1.29 bits per heavy atom. The van der Waals surface area contributed by atoms with Crippen molar-refractivity contribution < 1.29 is 14.0 Å². The SMILES string of the molecule is CC1CC(=O)N(CC(=O)Nc2cccc(F)c2)c2ccccc2S1. The number of nitrogens with zero attached hydrogens (tertiary/aromatic N) is 1. The molecule has 0 saturated carbocycles. The molecule has 1 unspecified atom stereocenters. The summed E-state index contributed by atoms with van der Waals surface area (Å²) < 4.78 is 13.2. The van der Waals surface area contributed by atoms with Crippen molar-refractivity contribution in [3.05, 3.63) is 54.3 Å². The van der Waals surface area contributed by atoms with E-state index in [9.17, 15) is 14.0 Å². The van der Waals surface area contributed by atoms with Crippen molar-refractivity contribution in [1.82, 2.24) is 0 Å². The van der Waals surface area contributed by atoms with E-state index in [-0.39, 0.29) is 23.6 Å². The fourth-order valence-electron chi connectivity index (χ4n) is 2.61. The smallest absolute Gasteiger partial charge is 0.244 e. The number of carbonyl (C=O) groups excluding carboxylic acids is 2. The van der Waals surface area contributed by atoms with Crippen molar-refractivity contribution >= 4 is 35.0 Å². The maximum atomic E-state index is 13.2. The quantitative estimate of drug-likeness (QED) is 0.924. The molecule has 0 fully saturated rings. The summed E-state index contributed by atoms with van der Waals surface area (Å²) in [6.45, 7) is 1.90. The molecule has 0 bridgehead atoms. The summed E-state index contributed by atoms with van der Waals surface area (Å²) in [7, 11) is 0. The van der Waals surface area contributed by atoms with Gasteiger partial charge in [0.2, 0.25) is 11.8 Å². The molecule has 6 heteroatoms. The molecule has 1 aliphatic rings. The minimum absolute atomic E-state index is 0.0886. The van der Waals surface area contributed by atoms with Gasteiger partial charge in [0.05, 0.1) is 5.69 Å². The molecule has 0 aliphatic carbocycles. The number of carbonyl (C=O) groups is 2. The van der Waals surface area contributed by atoms with Crippen LogP contribution in [-0.2, 0) is 9.59 Å². The van der Waals surface area contributed by atoms with Gasteiger partial charge in [0.25, 0.3) is 0 Å². The number of nitrogens with one attached hydrogen (secondary N) is 1. The number of rotatable bonds is 3. The van der Waals surface area contributed by atoms with Crippen LogP contribution in [0.25, 0.3) is 0 Å². The summed E-state index contributed by atoms with van der Waals surface area (Å²) in [5.41, 5.74) is 1.12. The Morgan fingerprint density at radius 3 is 2.88 bits per heavy atom. The van der Waals surface area contributed by atoms with E-state index in [1.807, 2.05) is 31.2 Å². The van der Waals surface area contributed by atoms with E-state index in [2.05, 4.69) is 5.32 Å². The summed E-state index contributed by atoms with van der Waals surface area (Å²) in [5.74, 6) is -0.869. The Balaban J connectivity index is 1.80. The third kappa shape index (κ3) is 3.76. The molecule has 2 aromatic carbocycles. The molecule has 0 aromatic heterocycles. The predicted octanol–water partition coefficient (Wildman–Crippen LogP) is 3.68. The van der Waals surface area contributed by atoms with Gasteiger partial charge < -0.3 is 10.2 Å². The first-order valence-corrected chi connectivity index (χ1v) is 8.52. The van der Waals surface area contributed by atoms with Crippen molar-refractivity contribution in [3.63, 3.8) is 0 Å². The van der Waals surface area contributed by atoms with Gasteiger partial charge in [0.15, 0.2) is 0 Å². The van der Waals surface area contributed by atoms with E-state index in [4.69, 9.17) is 0 Å². The molecule has 1 aliphatic heterocycles. The Hall–Kier alpha value is -2.34. The second kappa shape index (κ2) is 7.05. The molecular weight excluding hydrogens is 327 g/mol. The highest BCUT2D eigenvalue weighted by Gasteiger charge is 2.27. The van der Waals surface area contributed by atoms with Gasteiger partial charge in [-0.25, -0.2) is 4.39 Å². The van der Waals surface area contributed by atoms with Crippen molar-refractivity contribution in [2.24, 2.45) is 0 Å². The number of hydrogen-bond acceptors (Lipinski definition) is 3. The molecule has 2 amide bonds. The first-order chi connectivity index (χ1) is 11.5. The molecule has 0 spiro atoms. The van der Waals surface area contributed by atoms with Gasteiger partial charge in [-0.3, -0.25) is 9.59 Å². The van der Waals surface area contributed by atoms with Crippen LogP contribution < -0.4 is 10.2 Å². The van der Waals surface area contributed by atoms with Gasteiger partial charge >= 0.3 is 0 Å². The Bertz CT molecular complexity index is 781. The molecular formula is C18H17FN2O2S. The molecule has 0 radical (unpaired) electrons. The predicted molar refractivity (Wildman–Crippen MR) is 93.8 cm³/mol. The van der Waals surface area contributed by atoms with Gasteiger partial charge in [0, 0.05) is 22.3 Å². The summed E-state index contributed by atoms with van der Waals surface area (Å²) in [4.78, 5) is 27.3. The van der Waals surface area contributed by atoms with E-state index in [0.717, 1.165) is 10.6 Å². The lowest BCUT2D eigenvalue weighted by Crippen LogP contribution is -2.38. The molecule has 24 heavy (non-hydrogen) atoms. The van der Waals surface area contributed by atoms with Crippen molar-refractivity contribution in [3.8, 4) is 0 Å². The topological polar surface area (TPSA) is 49.4 Å². The molecule has 0 saturated heterocycles. The van der Waals surface area contributed by atoms with Crippen LogP contribution in [0.1, 0.15) is 13.3 Å². The van der Waals surface area contributed by atoms with Crippen molar-refractivity contribution in [2.75, 3.05) is 16.8 Å². The first-order valence-electron chi connectivity index (χ1n) is 7.64. The van der Waals surface area contributed by atoms with Gasteiger partial charge in [-0.2, -0.15) is 0 Å². The average molecular weight is 344 g/mol. The summed E-state index contributed by atoms with van der Waals surface area (Å²) in [6, 6.07) is 13.2. The van der Waals surface area contributed by atoms with E-state index >= 15 is 0 Å². The van der Waals surface area contributed by atoms with Crippen molar-refractivity contribution in [2.45, 2.75) is 23.5 Å². The highest BCUT2D eigenvalue weighted by molar-refractivity contribution is 8.00. The number of hydrogen-bond donors (Lipinski definition) is 1. The molecule has 1 N–H and O–H groups in total. The van der Waals surface area contributed by atoms with Crippen LogP contribution in [0, 0.1) is 5.82 Å². The number of anilines is 2. The molecule has 4 nitrogen and oxygen atoms in total. The van der Waals surface area contributed by atoms with Crippen LogP contribution in [0.15, 0.2) is 53.4 Å². The Morgan fingerprint density at radius 2 is 2.08 bits per heavy atom. The van der Waals surface area contributed by atoms with Crippen LogP contribution >= 0.6 is 11.8 Å². The van der Waals surface area contributed by atoms with Crippen LogP contribution in [0.2, 0.25) is 0 Å². The van der Waals surface area contributed by atoms with Crippen LogP contribution in [-0.4, -0.2) is 23.6 Å². The molecule has 2 aromatic rings. The summed E-state index contributed by atoms with van der Waals surface area (Å²) in [6.07, 6.45) is 0.368. The second-order valence-corrected chi connectivity index (χ2v) is 7.12. The van der Waals surface area contributed by atoms with Crippen LogP contribution in [0.4, 0.5) is 15.8 Å². The molecule has 3 rings (SSSR count). The number of thioether (sulfide) groups is 1. The number of amides is 2. The maximum Gasteiger partial charge on any atom is 0.244 e. The maximum absolute atomic E-state index is 13.2. The zero-order valence-electron chi connectivity index (χ0n) is 13.2. The Kier molecular flexibility index (Phi) is 4.85. The first kappa shape index (κ1) is 16.5. The molecule has 1 atom stereocenters. The molecule has 124 valence electrons. The van der Waals surface area contributed by atoms with Gasteiger partial charge in [-0.05, 0) is 30.3 Å². The minimum atomic E-state index is -0.422. The lowest BCUT2D eigenvalue weighted by Gasteiger charge is -2.22. The number of halogens is 1. The lowest BCUT2D eigenvalue weighted by atomic mass is 10.2. The third-order valence-corrected chi connectivity index (χ3v) is 4.83. The van der Waals surface area contributed by atoms with E-state index in [0.29, 0.717) is 12.1 Å². The number of para-hydroxylation sites is 1. The minimum Gasteiger partial charge on any atom is -0.324 e.